The maximum Gasteiger partial charge on any atom is 0.434 e. The van der Waals surface area contributed by atoms with Gasteiger partial charge in [0.05, 0.1) is 11.9 Å². The van der Waals surface area contributed by atoms with Crippen molar-refractivity contribution in [1.29, 1.82) is 0 Å². The van der Waals surface area contributed by atoms with E-state index >= 15 is 0 Å². The van der Waals surface area contributed by atoms with Crippen LogP contribution >= 0.6 is 0 Å². The number of ether oxygens (including phenoxy) is 1. The number of aromatic nitrogens is 2. The van der Waals surface area contributed by atoms with Gasteiger partial charge in [-0.3, -0.25) is 4.79 Å². The average molecular weight is 399 g/mol. The molecule has 0 aliphatic heterocycles. The summed E-state index contributed by atoms with van der Waals surface area (Å²) in [5.41, 5.74) is -2.18. The van der Waals surface area contributed by atoms with Crippen LogP contribution in [0, 0.1) is 0 Å². The van der Waals surface area contributed by atoms with Crippen LogP contribution in [-0.4, -0.2) is 39.5 Å². The standard InChI is InChI=1S/C18H20F3N3O4/c1-3-4-8-28-11(2)16(25)23-12-6-5-7-13(9-12)24-15(18(19,20)21)14(10-22-24)17(26)27/h5-7,9-11H,3-4,8H2,1-2H3,(H,23,25)(H,26,27). The van der Waals surface area contributed by atoms with Crippen molar-refractivity contribution in [3.8, 4) is 5.69 Å². The highest BCUT2D eigenvalue weighted by atomic mass is 19.4. The van der Waals surface area contributed by atoms with Gasteiger partial charge in [0.1, 0.15) is 11.7 Å². The summed E-state index contributed by atoms with van der Waals surface area (Å²) in [6, 6.07) is 5.51. The number of carbonyl (C=O) groups excluding carboxylic acids is 1. The summed E-state index contributed by atoms with van der Waals surface area (Å²) in [5.74, 6) is -2.18. The molecule has 2 rings (SSSR count). The normalized spacial score (nSPS) is 12.6. The number of nitrogens with one attached hydrogen (secondary N) is 1. The van der Waals surface area contributed by atoms with Gasteiger partial charge >= 0.3 is 12.1 Å². The quantitative estimate of drug-likeness (QED) is 0.660. The van der Waals surface area contributed by atoms with Gasteiger partial charge in [-0.15, -0.1) is 0 Å². The highest BCUT2D eigenvalue weighted by molar-refractivity contribution is 5.94. The van der Waals surface area contributed by atoms with Crippen LogP contribution in [0.5, 0.6) is 0 Å². The molecular formula is C18H20F3N3O4. The predicted molar refractivity (Wildman–Crippen MR) is 94.5 cm³/mol. The monoisotopic (exact) mass is 399 g/mol. The zero-order valence-electron chi connectivity index (χ0n) is 15.3. The third kappa shape index (κ3) is 5.10. The van der Waals surface area contributed by atoms with E-state index in [2.05, 4.69) is 10.4 Å². The fourth-order valence-corrected chi connectivity index (χ4v) is 2.41. The van der Waals surface area contributed by atoms with E-state index in [4.69, 9.17) is 9.84 Å². The molecule has 2 N–H and O–H groups in total. The molecule has 1 aromatic carbocycles. The highest BCUT2D eigenvalue weighted by Gasteiger charge is 2.40. The number of rotatable bonds is 8. The molecule has 2 aromatic rings. The zero-order chi connectivity index (χ0) is 20.9. The first-order chi connectivity index (χ1) is 13.1. The number of anilines is 1. The number of amides is 1. The minimum atomic E-state index is -4.93. The molecule has 0 spiro atoms. The predicted octanol–water partition coefficient (Wildman–Crippen LogP) is 3.73. The van der Waals surface area contributed by atoms with E-state index in [1.165, 1.54) is 24.3 Å². The molecule has 1 aromatic heterocycles. The van der Waals surface area contributed by atoms with Gasteiger partial charge in [-0.25, -0.2) is 9.48 Å². The van der Waals surface area contributed by atoms with Gasteiger partial charge in [-0.2, -0.15) is 18.3 Å². The molecule has 0 aliphatic rings. The molecule has 0 saturated carbocycles. The van der Waals surface area contributed by atoms with Crippen LogP contribution in [0.15, 0.2) is 30.5 Å². The molecule has 0 saturated heterocycles. The van der Waals surface area contributed by atoms with Crippen LogP contribution < -0.4 is 5.32 Å². The molecule has 28 heavy (non-hydrogen) atoms. The van der Waals surface area contributed by atoms with Crippen LogP contribution in [-0.2, 0) is 15.7 Å². The Labute approximate surface area is 159 Å². The maximum absolute atomic E-state index is 13.3. The van der Waals surface area contributed by atoms with Crippen LogP contribution in [0.3, 0.4) is 0 Å². The lowest BCUT2D eigenvalue weighted by Gasteiger charge is -2.15. The van der Waals surface area contributed by atoms with Crippen molar-refractivity contribution < 1.29 is 32.6 Å². The van der Waals surface area contributed by atoms with E-state index in [1.54, 1.807) is 6.92 Å². The first kappa shape index (κ1) is 21.4. The van der Waals surface area contributed by atoms with Gasteiger partial charge in [-0.05, 0) is 31.5 Å². The molecule has 1 amide bonds. The van der Waals surface area contributed by atoms with Crippen LogP contribution in [0.1, 0.15) is 42.7 Å². The Balaban J connectivity index is 2.27. The Bertz CT molecular complexity index is 849. The van der Waals surface area contributed by atoms with E-state index in [0.29, 0.717) is 17.5 Å². The van der Waals surface area contributed by atoms with Gasteiger partial charge in [-0.1, -0.05) is 19.4 Å². The summed E-state index contributed by atoms with van der Waals surface area (Å²) in [6.45, 7) is 3.98. The first-order valence-corrected chi connectivity index (χ1v) is 8.56. The molecule has 152 valence electrons. The fourth-order valence-electron chi connectivity index (χ4n) is 2.41. The summed E-state index contributed by atoms with van der Waals surface area (Å²) in [5, 5.41) is 15.1. The Morgan fingerprint density at radius 2 is 2.07 bits per heavy atom. The minimum Gasteiger partial charge on any atom is -0.478 e. The second-order valence-corrected chi connectivity index (χ2v) is 6.03. The number of carboxylic acid groups (broad SMARTS) is 1. The lowest BCUT2D eigenvalue weighted by atomic mass is 10.2. The third-order valence-electron chi connectivity index (χ3n) is 3.86. The van der Waals surface area contributed by atoms with E-state index < -0.39 is 35.4 Å². The number of aromatic carboxylic acids is 1. The van der Waals surface area contributed by atoms with Gasteiger partial charge in [0, 0.05) is 12.3 Å². The smallest absolute Gasteiger partial charge is 0.434 e. The number of hydrogen-bond acceptors (Lipinski definition) is 4. The van der Waals surface area contributed by atoms with Crippen molar-refractivity contribution in [3.05, 3.63) is 41.7 Å². The van der Waals surface area contributed by atoms with Crippen LogP contribution in [0.2, 0.25) is 0 Å². The van der Waals surface area contributed by atoms with Crippen molar-refractivity contribution in [2.45, 2.75) is 39.0 Å². The molecule has 0 fully saturated rings. The van der Waals surface area contributed by atoms with Crippen molar-refractivity contribution in [2.24, 2.45) is 0 Å². The second-order valence-electron chi connectivity index (χ2n) is 6.03. The van der Waals surface area contributed by atoms with Crippen LogP contribution in [0.4, 0.5) is 18.9 Å². The maximum atomic E-state index is 13.3. The Kier molecular flexibility index (Phi) is 6.79. The number of nitrogens with zero attached hydrogens (tertiary/aromatic N) is 2. The zero-order valence-corrected chi connectivity index (χ0v) is 15.3. The van der Waals surface area contributed by atoms with E-state index in [-0.39, 0.29) is 11.4 Å². The Morgan fingerprint density at radius 1 is 1.36 bits per heavy atom. The van der Waals surface area contributed by atoms with Crippen molar-refractivity contribution in [1.82, 2.24) is 9.78 Å². The molecule has 0 radical (unpaired) electrons. The van der Waals surface area contributed by atoms with E-state index in [9.17, 15) is 22.8 Å². The lowest BCUT2D eigenvalue weighted by Crippen LogP contribution is -2.28. The molecule has 0 bridgehead atoms. The molecule has 1 heterocycles. The second kappa shape index (κ2) is 8.87. The van der Waals surface area contributed by atoms with Crippen molar-refractivity contribution >= 4 is 17.6 Å². The van der Waals surface area contributed by atoms with E-state index in [0.717, 1.165) is 12.8 Å². The first-order valence-electron chi connectivity index (χ1n) is 8.56. The number of benzene rings is 1. The number of hydrogen-bond donors (Lipinski definition) is 2. The molecular weight excluding hydrogens is 379 g/mol. The lowest BCUT2D eigenvalue weighted by molar-refractivity contribution is -0.143. The van der Waals surface area contributed by atoms with Crippen molar-refractivity contribution in [3.63, 3.8) is 0 Å². The van der Waals surface area contributed by atoms with Gasteiger partial charge in [0.25, 0.3) is 5.91 Å². The molecule has 1 atom stereocenters. The summed E-state index contributed by atoms with van der Waals surface area (Å²) in [7, 11) is 0. The number of alkyl halides is 3. The van der Waals surface area contributed by atoms with Crippen molar-refractivity contribution in [2.75, 3.05) is 11.9 Å². The summed E-state index contributed by atoms with van der Waals surface area (Å²) < 4.78 is 45.9. The third-order valence-corrected chi connectivity index (χ3v) is 3.86. The molecule has 7 nitrogen and oxygen atoms in total. The number of unbranched alkanes of at least 4 members (excludes halogenated alkanes) is 1. The SMILES string of the molecule is CCCCOC(C)C(=O)Nc1cccc(-n2ncc(C(=O)O)c2C(F)(F)F)c1. The average Bonchev–Trinajstić information content (AvgIpc) is 3.08. The number of halogens is 3. The van der Waals surface area contributed by atoms with E-state index in [1.807, 2.05) is 6.92 Å². The number of carboxylic acids is 1. The highest BCUT2D eigenvalue weighted by Crippen LogP contribution is 2.34. The Hall–Kier alpha value is -2.88. The van der Waals surface area contributed by atoms with Gasteiger partial charge in [0.2, 0.25) is 0 Å². The molecule has 1 unspecified atom stereocenters. The Morgan fingerprint density at radius 3 is 2.68 bits per heavy atom. The van der Waals surface area contributed by atoms with Gasteiger partial charge in [0.15, 0.2) is 5.69 Å². The summed E-state index contributed by atoms with van der Waals surface area (Å²) in [4.78, 5) is 23.2. The van der Waals surface area contributed by atoms with Crippen LogP contribution in [0.25, 0.3) is 5.69 Å². The molecule has 10 heteroatoms. The molecule has 0 aliphatic carbocycles. The number of carbonyl (C=O) groups is 2. The largest absolute Gasteiger partial charge is 0.478 e. The minimum absolute atomic E-state index is 0.0443. The summed E-state index contributed by atoms with van der Waals surface area (Å²) >= 11 is 0. The summed E-state index contributed by atoms with van der Waals surface area (Å²) in [6.07, 6.45) is -3.30. The van der Waals surface area contributed by atoms with Gasteiger partial charge < -0.3 is 15.2 Å². The fraction of sp³-hybridized carbons (Fsp3) is 0.389. The topological polar surface area (TPSA) is 93.5 Å².